The molecular formula is C12H17BrFN. The first-order valence-electron chi connectivity index (χ1n) is 5.24. The van der Waals surface area contributed by atoms with Gasteiger partial charge in [-0.2, -0.15) is 0 Å². The van der Waals surface area contributed by atoms with Crippen molar-refractivity contribution >= 4 is 15.9 Å². The number of hydrogen-bond donors (Lipinski definition) is 1. The maximum atomic E-state index is 13.5. The van der Waals surface area contributed by atoms with E-state index < -0.39 is 0 Å². The molecule has 3 heteroatoms. The quantitative estimate of drug-likeness (QED) is 0.893. The highest BCUT2D eigenvalue weighted by Crippen LogP contribution is 2.19. The molecule has 1 aromatic rings. The van der Waals surface area contributed by atoms with Gasteiger partial charge in [0.05, 0.1) is 0 Å². The molecule has 0 spiro atoms. The second-order valence-electron chi connectivity index (χ2n) is 3.99. The summed E-state index contributed by atoms with van der Waals surface area (Å²) in [5, 5.41) is 0. The summed E-state index contributed by atoms with van der Waals surface area (Å²) >= 11 is 3.24. The molecule has 0 aliphatic rings. The van der Waals surface area contributed by atoms with Gasteiger partial charge in [-0.15, -0.1) is 0 Å². The molecule has 0 fully saturated rings. The molecule has 0 aromatic heterocycles. The van der Waals surface area contributed by atoms with Crippen molar-refractivity contribution in [1.82, 2.24) is 0 Å². The van der Waals surface area contributed by atoms with E-state index in [4.69, 9.17) is 5.73 Å². The smallest absolute Gasteiger partial charge is 0.127 e. The number of rotatable bonds is 4. The van der Waals surface area contributed by atoms with E-state index in [2.05, 4.69) is 29.8 Å². The van der Waals surface area contributed by atoms with Crippen molar-refractivity contribution in [3.63, 3.8) is 0 Å². The minimum Gasteiger partial charge on any atom is -0.327 e. The molecule has 84 valence electrons. The fraction of sp³-hybridized carbons (Fsp3) is 0.500. The summed E-state index contributed by atoms with van der Waals surface area (Å²) in [5.41, 5.74) is 6.66. The average molecular weight is 274 g/mol. The van der Waals surface area contributed by atoms with Gasteiger partial charge in [-0.05, 0) is 36.5 Å². The maximum Gasteiger partial charge on any atom is 0.127 e. The Hall–Kier alpha value is -0.410. The average Bonchev–Trinajstić information content (AvgIpc) is 2.20. The van der Waals surface area contributed by atoms with Crippen LogP contribution in [0.15, 0.2) is 22.7 Å². The molecule has 2 N–H and O–H groups in total. The van der Waals surface area contributed by atoms with Crippen LogP contribution in [0.4, 0.5) is 4.39 Å². The van der Waals surface area contributed by atoms with E-state index >= 15 is 0 Å². The van der Waals surface area contributed by atoms with Gasteiger partial charge >= 0.3 is 0 Å². The lowest BCUT2D eigenvalue weighted by molar-refractivity contribution is 0.434. The second kappa shape index (κ2) is 5.61. The molecule has 0 radical (unpaired) electrons. The van der Waals surface area contributed by atoms with Crippen molar-refractivity contribution < 1.29 is 4.39 Å². The van der Waals surface area contributed by atoms with Gasteiger partial charge in [0.25, 0.3) is 0 Å². The minimum absolute atomic E-state index is 0.146. The molecule has 0 bridgehead atoms. The third-order valence-corrected chi connectivity index (χ3v) is 3.25. The summed E-state index contributed by atoms with van der Waals surface area (Å²) in [4.78, 5) is 0. The first-order chi connectivity index (χ1) is 7.04. The number of halogens is 2. The Balaban J connectivity index is 2.72. The van der Waals surface area contributed by atoms with E-state index in [0.29, 0.717) is 12.3 Å². The molecule has 0 amide bonds. The highest BCUT2D eigenvalue weighted by molar-refractivity contribution is 9.10. The van der Waals surface area contributed by atoms with Crippen LogP contribution in [0.2, 0.25) is 0 Å². The molecule has 0 aliphatic heterocycles. The zero-order valence-electron chi connectivity index (χ0n) is 9.13. The minimum atomic E-state index is -0.153. The molecule has 15 heavy (non-hydrogen) atoms. The predicted molar refractivity (Wildman–Crippen MR) is 65.2 cm³/mol. The molecule has 1 aromatic carbocycles. The zero-order valence-corrected chi connectivity index (χ0v) is 10.7. The van der Waals surface area contributed by atoms with Crippen LogP contribution in [0.5, 0.6) is 0 Å². The molecule has 0 saturated heterocycles. The van der Waals surface area contributed by atoms with Crippen molar-refractivity contribution in [2.75, 3.05) is 0 Å². The van der Waals surface area contributed by atoms with E-state index in [9.17, 15) is 4.39 Å². The van der Waals surface area contributed by atoms with Crippen molar-refractivity contribution in [2.24, 2.45) is 11.7 Å². The summed E-state index contributed by atoms with van der Waals surface area (Å²) in [6.45, 7) is 4.12. The number of nitrogens with two attached hydrogens (primary N) is 1. The lowest BCUT2D eigenvalue weighted by atomic mass is 9.93. The standard InChI is InChI=1S/C12H17BrFN/c1-3-12(15)8(2)6-9-4-5-10(13)7-11(9)14/h4-5,7-8,12H,3,6,15H2,1-2H3. The van der Waals surface area contributed by atoms with E-state index in [0.717, 1.165) is 16.5 Å². The summed E-state index contributed by atoms with van der Waals surface area (Å²) in [6, 6.07) is 5.33. The van der Waals surface area contributed by atoms with Crippen molar-refractivity contribution in [2.45, 2.75) is 32.7 Å². The van der Waals surface area contributed by atoms with E-state index in [1.807, 2.05) is 12.1 Å². The van der Waals surface area contributed by atoms with Crippen LogP contribution < -0.4 is 5.73 Å². The zero-order chi connectivity index (χ0) is 11.4. The molecular weight excluding hydrogens is 257 g/mol. The summed E-state index contributed by atoms with van der Waals surface area (Å²) in [5.74, 6) is 0.158. The fourth-order valence-corrected chi connectivity index (χ4v) is 1.92. The molecule has 0 heterocycles. The molecule has 0 saturated carbocycles. The molecule has 1 nitrogen and oxygen atoms in total. The van der Waals surface area contributed by atoms with Crippen molar-refractivity contribution in [3.8, 4) is 0 Å². The largest absolute Gasteiger partial charge is 0.327 e. The third kappa shape index (κ3) is 3.58. The van der Waals surface area contributed by atoms with Crippen LogP contribution in [0.1, 0.15) is 25.8 Å². The SMILES string of the molecule is CCC(N)C(C)Cc1ccc(Br)cc1F. The van der Waals surface area contributed by atoms with Gasteiger partial charge in [0, 0.05) is 10.5 Å². The van der Waals surface area contributed by atoms with Gasteiger partial charge in [0.1, 0.15) is 5.82 Å². The Bertz CT molecular complexity index is 327. The predicted octanol–water partition coefficient (Wildman–Crippen LogP) is 3.50. The summed E-state index contributed by atoms with van der Waals surface area (Å²) < 4.78 is 14.3. The van der Waals surface area contributed by atoms with E-state index in [1.54, 1.807) is 0 Å². The fourth-order valence-electron chi connectivity index (χ4n) is 1.59. The van der Waals surface area contributed by atoms with Crippen LogP contribution in [0.3, 0.4) is 0 Å². The van der Waals surface area contributed by atoms with Gasteiger partial charge in [0.15, 0.2) is 0 Å². The Morgan fingerprint density at radius 1 is 1.47 bits per heavy atom. The Morgan fingerprint density at radius 3 is 2.67 bits per heavy atom. The number of hydrogen-bond acceptors (Lipinski definition) is 1. The Morgan fingerprint density at radius 2 is 2.13 bits per heavy atom. The van der Waals surface area contributed by atoms with Gasteiger partial charge in [-0.25, -0.2) is 4.39 Å². The molecule has 2 atom stereocenters. The van der Waals surface area contributed by atoms with E-state index in [-0.39, 0.29) is 11.9 Å². The normalized spacial score (nSPS) is 15.0. The van der Waals surface area contributed by atoms with Crippen molar-refractivity contribution in [1.29, 1.82) is 0 Å². The second-order valence-corrected chi connectivity index (χ2v) is 4.90. The van der Waals surface area contributed by atoms with Gasteiger partial charge in [0.2, 0.25) is 0 Å². The highest BCUT2D eigenvalue weighted by Gasteiger charge is 2.13. The first-order valence-corrected chi connectivity index (χ1v) is 6.03. The van der Waals surface area contributed by atoms with Crippen LogP contribution >= 0.6 is 15.9 Å². The van der Waals surface area contributed by atoms with Crippen molar-refractivity contribution in [3.05, 3.63) is 34.1 Å². The Kier molecular flexibility index (Phi) is 4.74. The van der Waals surface area contributed by atoms with Gasteiger partial charge in [-0.1, -0.05) is 35.8 Å². The van der Waals surface area contributed by atoms with E-state index in [1.165, 1.54) is 6.07 Å². The topological polar surface area (TPSA) is 26.0 Å². The highest BCUT2D eigenvalue weighted by atomic mass is 79.9. The van der Waals surface area contributed by atoms with Crippen LogP contribution in [-0.2, 0) is 6.42 Å². The molecule has 2 unspecified atom stereocenters. The molecule has 1 rings (SSSR count). The Labute approximate surface area is 99.0 Å². The summed E-state index contributed by atoms with van der Waals surface area (Å²) in [6.07, 6.45) is 1.63. The number of benzene rings is 1. The monoisotopic (exact) mass is 273 g/mol. The molecule has 0 aliphatic carbocycles. The van der Waals surface area contributed by atoms with Gasteiger partial charge in [-0.3, -0.25) is 0 Å². The first kappa shape index (κ1) is 12.7. The maximum absolute atomic E-state index is 13.5. The summed E-state index contributed by atoms with van der Waals surface area (Å²) in [7, 11) is 0. The van der Waals surface area contributed by atoms with Crippen LogP contribution in [-0.4, -0.2) is 6.04 Å². The lowest BCUT2D eigenvalue weighted by Crippen LogP contribution is -2.28. The lowest BCUT2D eigenvalue weighted by Gasteiger charge is -2.18. The van der Waals surface area contributed by atoms with Gasteiger partial charge < -0.3 is 5.73 Å². The van der Waals surface area contributed by atoms with Crippen LogP contribution in [0, 0.1) is 11.7 Å². The van der Waals surface area contributed by atoms with Crippen LogP contribution in [0.25, 0.3) is 0 Å². The third-order valence-electron chi connectivity index (χ3n) is 2.76.